The molecule has 0 bridgehead atoms. The molecule has 0 unspecified atom stereocenters. The third kappa shape index (κ3) is 2.03. The highest BCUT2D eigenvalue weighted by Crippen LogP contribution is 2.16. The highest BCUT2D eigenvalue weighted by molar-refractivity contribution is 5.81. The Labute approximate surface area is 130 Å². The molecule has 0 spiro atoms. The molecule has 23 heavy (non-hydrogen) atoms. The van der Waals surface area contributed by atoms with E-state index in [0.717, 1.165) is 5.69 Å². The smallest absolute Gasteiger partial charge is 0.290 e. The van der Waals surface area contributed by atoms with Gasteiger partial charge in [-0.15, -0.1) is 0 Å². The van der Waals surface area contributed by atoms with Crippen molar-refractivity contribution in [1.82, 2.24) is 14.1 Å². The summed E-state index contributed by atoms with van der Waals surface area (Å²) in [6, 6.07) is 18.7. The van der Waals surface area contributed by atoms with Gasteiger partial charge < -0.3 is 0 Å². The molecule has 0 aliphatic carbocycles. The Bertz CT molecular complexity index is 1120. The Morgan fingerprint density at radius 3 is 2.57 bits per heavy atom. The third-order valence-corrected chi connectivity index (χ3v) is 3.60. The number of hydrogen-bond acceptors (Lipinski definition) is 4. The summed E-state index contributed by atoms with van der Waals surface area (Å²) < 4.78 is 2.75. The van der Waals surface area contributed by atoms with Crippen molar-refractivity contribution in [2.45, 2.75) is 0 Å². The fourth-order valence-corrected chi connectivity index (χ4v) is 2.56. The summed E-state index contributed by atoms with van der Waals surface area (Å²) >= 11 is 0. The van der Waals surface area contributed by atoms with Gasteiger partial charge in [-0.1, -0.05) is 30.3 Å². The number of para-hydroxylation sites is 3. The number of imidazole rings is 1. The quantitative estimate of drug-likeness (QED) is 0.617. The summed E-state index contributed by atoms with van der Waals surface area (Å²) in [4.78, 5) is 17.2. The molecule has 0 aliphatic rings. The number of rotatable bonds is 2. The Kier molecular flexibility index (Phi) is 2.85. The largest absolute Gasteiger partial charge is 0.353 e. The lowest BCUT2D eigenvalue weighted by atomic mass is 10.3. The highest BCUT2D eigenvalue weighted by Gasteiger charge is 2.14. The first-order chi connectivity index (χ1) is 11.3. The molecule has 2 aromatic carbocycles. The van der Waals surface area contributed by atoms with Crippen molar-refractivity contribution in [3.63, 3.8) is 0 Å². The van der Waals surface area contributed by atoms with E-state index < -0.39 is 0 Å². The number of aromatic nitrogens is 3. The van der Waals surface area contributed by atoms with Gasteiger partial charge in [-0.3, -0.25) is 5.43 Å². The second-order valence-corrected chi connectivity index (χ2v) is 5.04. The van der Waals surface area contributed by atoms with E-state index in [2.05, 4.69) is 16.5 Å². The minimum absolute atomic E-state index is 0.309. The maximum atomic E-state index is 12.8. The van der Waals surface area contributed by atoms with E-state index in [9.17, 15) is 10.1 Å². The highest BCUT2D eigenvalue weighted by atomic mass is 16.2. The van der Waals surface area contributed by atoms with Crippen LogP contribution in [0.1, 0.15) is 5.56 Å². The molecule has 2 heterocycles. The average molecular weight is 301 g/mol. The lowest BCUT2D eigenvalue weighted by Crippen LogP contribution is -2.31. The van der Waals surface area contributed by atoms with Crippen molar-refractivity contribution in [2.24, 2.45) is 0 Å². The van der Waals surface area contributed by atoms with Crippen molar-refractivity contribution in [3.8, 4) is 6.07 Å². The van der Waals surface area contributed by atoms with E-state index in [0.29, 0.717) is 22.2 Å². The summed E-state index contributed by atoms with van der Waals surface area (Å²) in [7, 11) is 0. The minimum atomic E-state index is -0.309. The maximum absolute atomic E-state index is 12.8. The van der Waals surface area contributed by atoms with E-state index in [4.69, 9.17) is 0 Å². The summed E-state index contributed by atoms with van der Waals surface area (Å²) in [5.74, 6) is 0. The van der Waals surface area contributed by atoms with Gasteiger partial charge in [0.2, 0.25) is 0 Å². The van der Waals surface area contributed by atoms with E-state index in [1.54, 1.807) is 0 Å². The predicted octanol–water partition coefficient (Wildman–Crippen LogP) is 2.40. The first kappa shape index (κ1) is 13.1. The molecule has 4 aromatic rings. The molecular weight excluding hydrogens is 290 g/mol. The van der Waals surface area contributed by atoms with Crippen molar-refractivity contribution in [3.05, 3.63) is 76.8 Å². The predicted molar refractivity (Wildman–Crippen MR) is 87.1 cm³/mol. The summed E-state index contributed by atoms with van der Waals surface area (Å²) in [6.07, 6.45) is 1.47. The van der Waals surface area contributed by atoms with Crippen molar-refractivity contribution < 1.29 is 0 Å². The second-order valence-electron chi connectivity index (χ2n) is 5.04. The van der Waals surface area contributed by atoms with Gasteiger partial charge in [0.15, 0.2) is 5.65 Å². The standard InChI is InChI=1S/C17H11N5O/c18-10-12-11-21(20-13-6-2-1-3-7-13)17(23)22-15-9-5-4-8-14(15)19-16(12)22/h1-9,11,20H. The zero-order chi connectivity index (χ0) is 15.8. The van der Waals surface area contributed by atoms with Crippen LogP contribution in [0.4, 0.5) is 5.69 Å². The lowest BCUT2D eigenvalue weighted by molar-refractivity contribution is 0.825. The van der Waals surface area contributed by atoms with Crippen LogP contribution in [0.5, 0.6) is 0 Å². The maximum Gasteiger partial charge on any atom is 0.353 e. The molecule has 4 rings (SSSR count). The Hall–Kier alpha value is -3.59. The molecule has 0 atom stereocenters. The number of benzene rings is 2. The molecular formula is C17H11N5O. The summed E-state index contributed by atoms with van der Waals surface area (Å²) in [5, 5.41) is 9.40. The van der Waals surface area contributed by atoms with E-state index in [1.165, 1.54) is 15.3 Å². The van der Waals surface area contributed by atoms with Crippen LogP contribution in [0.25, 0.3) is 16.7 Å². The molecule has 0 radical (unpaired) electrons. The van der Waals surface area contributed by atoms with Gasteiger partial charge >= 0.3 is 5.69 Å². The van der Waals surface area contributed by atoms with Crippen molar-refractivity contribution in [2.75, 3.05) is 5.43 Å². The topological polar surface area (TPSA) is 75.1 Å². The fourth-order valence-electron chi connectivity index (χ4n) is 2.56. The first-order valence-electron chi connectivity index (χ1n) is 7.03. The van der Waals surface area contributed by atoms with Crippen LogP contribution < -0.4 is 11.1 Å². The van der Waals surface area contributed by atoms with Gasteiger partial charge in [-0.05, 0) is 24.3 Å². The van der Waals surface area contributed by atoms with Gasteiger partial charge in [0, 0.05) is 0 Å². The molecule has 0 saturated heterocycles. The number of nitrogens with one attached hydrogen (secondary N) is 1. The Morgan fingerprint density at radius 2 is 1.78 bits per heavy atom. The first-order valence-corrected chi connectivity index (χ1v) is 7.03. The van der Waals surface area contributed by atoms with Crippen LogP contribution in [0.2, 0.25) is 0 Å². The van der Waals surface area contributed by atoms with Crippen molar-refractivity contribution in [1.29, 1.82) is 5.26 Å². The molecule has 0 fully saturated rings. The van der Waals surface area contributed by atoms with Gasteiger partial charge in [-0.2, -0.15) is 5.26 Å². The number of hydrogen-bond donors (Lipinski definition) is 1. The molecule has 110 valence electrons. The van der Waals surface area contributed by atoms with Gasteiger partial charge in [-0.25, -0.2) is 18.9 Å². The molecule has 0 amide bonds. The van der Waals surface area contributed by atoms with E-state index in [1.807, 2.05) is 54.6 Å². The van der Waals surface area contributed by atoms with Crippen LogP contribution in [0.3, 0.4) is 0 Å². The summed E-state index contributed by atoms with van der Waals surface area (Å²) in [5.41, 5.74) is 5.48. The molecule has 0 aliphatic heterocycles. The number of anilines is 1. The molecule has 1 N–H and O–H groups in total. The van der Waals surface area contributed by atoms with Crippen LogP contribution in [-0.4, -0.2) is 14.1 Å². The number of fused-ring (bicyclic) bond motifs is 3. The van der Waals surface area contributed by atoms with Crippen LogP contribution in [0.15, 0.2) is 65.6 Å². The molecule has 0 saturated carbocycles. The monoisotopic (exact) mass is 301 g/mol. The van der Waals surface area contributed by atoms with Crippen molar-refractivity contribution >= 4 is 22.4 Å². The van der Waals surface area contributed by atoms with E-state index >= 15 is 0 Å². The fraction of sp³-hybridized carbons (Fsp3) is 0. The average Bonchev–Trinajstić information content (AvgIpc) is 2.98. The second kappa shape index (κ2) is 5.00. The normalized spacial score (nSPS) is 10.7. The number of nitrogens with zero attached hydrogens (tertiary/aromatic N) is 4. The van der Waals surface area contributed by atoms with Gasteiger partial charge in [0.1, 0.15) is 11.6 Å². The zero-order valence-corrected chi connectivity index (χ0v) is 12.0. The number of nitriles is 1. The SMILES string of the molecule is N#Cc1cn(Nc2ccccc2)c(=O)n2c1nc1ccccc12. The molecule has 6 nitrogen and oxygen atoms in total. The van der Waals surface area contributed by atoms with Crippen LogP contribution in [-0.2, 0) is 0 Å². The van der Waals surface area contributed by atoms with Gasteiger partial charge in [0.05, 0.1) is 22.9 Å². The minimum Gasteiger partial charge on any atom is -0.290 e. The summed E-state index contributed by atoms with van der Waals surface area (Å²) in [6.45, 7) is 0. The zero-order valence-electron chi connectivity index (χ0n) is 12.0. The van der Waals surface area contributed by atoms with Crippen LogP contribution in [0, 0.1) is 11.3 Å². The lowest BCUT2D eigenvalue weighted by Gasteiger charge is -2.10. The van der Waals surface area contributed by atoms with E-state index in [-0.39, 0.29) is 5.69 Å². The molecule has 2 aromatic heterocycles. The van der Waals surface area contributed by atoms with Gasteiger partial charge in [0.25, 0.3) is 0 Å². The Morgan fingerprint density at radius 1 is 1.04 bits per heavy atom. The molecule has 6 heteroatoms. The Balaban J connectivity index is 2.03. The third-order valence-electron chi connectivity index (χ3n) is 3.60. The van der Waals surface area contributed by atoms with Crippen LogP contribution >= 0.6 is 0 Å².